The molecule has 0 aromatic carbocycles. The molecule has 0 N–H and O–H groups in total. The van der Waals surface area contributed by atoms with Gasteiger partial charge in [-0.05, 0) is 50.5 Å². The summed E-state index contributed by atoms with van der Waals surface area (Å²) < 4.78 is 5.88. The van der Waals surface area contributed by atoms with Crippen molar-refractivity contribution in [1.82, 2.24) is 9.80 Å². The summed E-state index contributed by atoms with van der Waals surface area (Å²) in [6.45, 7) is 12.0. The van der Waals surface area contributed by atoms with Crippen LogP contribution >= 0.6 is 0 Å². The third kappa shape index (κ3) is 2.82. The molecule has 2 heterocycles. The molecule has 2 aliphatic carbocycles. The molecule has 2 aliphatic heterocycles. The molecule has 4 aliphatic rings. The zero-order valence-corrected chi connectivity index (χ0v) is 15.3. The number of carbonyl (C=O) groups is 1. The Hall–Kier alpha value is -0.870. The molecule has 0 aromatic rings. The number of esters is 1. The number of carbonyl (C=O) groups excluding carboxylic acids is 1. The Kier molecular flexibility index (Phi) is 4.24. The number of hydrogen-bond donors (Lipinski definition) is 0. The van der Waals surface area contributed by atoms with Gasteiger partial charge in [-0.25, -0.2) is 0 Å². The number of likely N-dealkylation sites (N-methyl/N-ethyl adjacent to an activating group) is 1. The predicted octanol–water partition coefficient (Wildman–Crippen LogP) is 2.55. The SMILES string of the molecule is C=C1CCCC2(C)CC3OC(=O)C(CN4CCN(C)CC4)C3CC12. The van der Waals surface area contributed by atoms with E-state index in [1.807, 2.05) is 0 Å². The van der Waals surface area contributed by atoms with Crippen LogP contribution in [-0.4, -0.2) is 61.6 Å². The number of fused-ring (bicyclic) bond motifs is 2. The van der Waals surface area contributed by atoms with E-state index in [-0.39, 0.29) is 18.0 Å². The van der Waals surface area contributed by atoms with Gasteiger partial charge in [-0.15, -0.1) is 0 Å². The van der Waals surface area contributed by atoms with Crippen molar-refractivity contribution in [2.75, 3.05) is 39.8 Å². The molecule has 5 unspecified atom stereocenters. The van der Waals surface area contributed by atoms with Crippen LogP contribution in [0.1, 0.15) is 39.0 Å². The zero-order chi connectivity index (χ0) is 16.9. The Bertz CT molecular complexity index is 526. The van der Waals surface area contributed by atoms with E-state index >= 15 is 0 Å². The molecule has 2 saturated heterocycles. The van der Waals surface area contributed by atoms with Crippen molar-refractivity contribution >= 4 is 5.97 Å². The van der Waals surface area contributed by atoms with Crippen LogP contribution in [0.2, 0.25) is 0 Å². The fraction of sp³-hybridized carbons (Fsp3) is 0.850. The smallest absolute Gasteiger partial charge is 0.310 e. The van der Waals surface area contributed by atoms with Gasteiger partial charge < -0.3 is 9.64 Å². The van der Waals surface area contributed by atoms with E-state index in [0.29, 0.717) is 17.3 Å². The van der Waals surface area contributed by atoms with Gasteiger partial charge in [-0.2, -0.15) is 0 Å². The monoisotopic (exact) mass is 332 g/mol. The van der Waals surface area contributed by atoms with E-state index in [2.05, 4.69) is 30.4 Å². The van der Waals surface area contributed by atoms with E-state index in [0.717, 1.165) is 45.6 Å². The minimum Gasteiger partial charge on any atom is -0.462 e. The quantitative estimate of drug-likeness (QED) is 0.575. The van der Waals surface area contributed by atoms with Crippen LogP contribution in [0.25, 0.3) is 0 Å². The Morgan fingerprint density at radius 3 is 2.79 bits per heavy atom. The fourth-order valence-electron chi connectivity index (χ4n) is 5.77. The van der Waals surface area contributed by atoms with Crippen LogP contribution in [0.15, 0.2) is 12.2 Å². The van der Waals surface area contributed by atoms with Gasteiger partial charge >= 0.3 is 5.97 Å². The zero-order valence-electron chi connectivity index (χ0n) is 15.3. The average Bonchev–Trinajstić information content (AvgIpc) is 2.82. The molecule has 4 fully saturated rings. The van der Waals surface area contributed by atoms with Crippen LogP contribution < -0.4 is 0 Å². The van der Waals surface area contributed by atoms with Crippen molar-refractivity contribution < 1.29 is 9.53 Å². The highest BCUT2D eigenvalue weighted by Crippen LogP contribution is 2.56. The first-order valence-corrected chi connectivity index (χ1v) is 9.75. The molecule has 0 radical (unpaired) electrons. The summed E-state index contributed by atoms with van der Waals surface area (Å²) in [6, 6.07) is 0. The lowest BCUT2D eigenvalue weighted by atomic mass is 9.55. The molecular weight excluding hydrogens is 300 g/mol. The topological polar surface area (TPSA) is 32.8 Å². The van der Waals surface area contributed by atoms with Gasteiger partial charge in [0.25, 0.3) is 0 Å². The van der Waals surface area contributed by atoms with Crippen LogP contribution in [0.4, 0.5) is 0 Å². The Morgan fingerprint density at radius 2 is 2.04 bits per heavy atom. The summed E-state index contributed by atoms with van der Waals surface area (Å²) in [5, 5.41) is 0. The second-order valence-corrected chi connectivity index (χ2v) is 9.01. The second-order valence-electron chi connectivity index (χ2n) is 9.01. The Labute approximate surface area is 146 Å². The number of hydrogen-bond acceptors (Lipinski definition) is 4. The van der Waals surface area contributed by atoms with Crippen molar-refractivity contribution in [3.05, 3.63) is 12.2 Å². The maximum absolute atomic E-state index is 12.6. The van der Waals surface area contributed by atoms with Gasteiger partial charge in [0.1, 0.15) is 6.10 Å². The van der Waals surface area contributed by atoms with Gasteiger partial charge in [0.2, 0.25) is 0 Å². The molecule has 5 atom stereocenters. The molecule has 24 heavy (non-hydrogen) atoms. The summed E-state index contributed by atoms with van der Waals surface area (Å²) in [7, 11) is 2.17. The third-order valence-electron chi connectivity index (χ3n) is 7.37. The molecule has 4 rings (SSSR count). The average molecular weight is 332 g/mol. The lowest BCUT2D eigenvalue weighted by Crippen LogP contribution is -2.49. The molecule has 4 nitrogen and oxygen atoms in total. The molecule has 0 aromatic heterocycles. The van der Waals surface area contributed by atoms with E-state index in [9.17, 15) is 4.79 Å². The lowest BCUT2D eigenvalue weighted by molar-refractivity contribution is -0.146. The molecular formula is C20H32N2O2. The van der Waals surface area contributed by atoms with Crippen molar-refractivity contribution in [2.24, 2.45) is 23.2 Å². The van der Waals surface area contributed by atoms with Crippen LogP contribution in [-0.2, 0) is 9.53 Å². The Balaban J connectivity index is 1.47. The van der Waals surface area contributed by atoms with Crippen LogP contribution in [0.5, 0.6) is 0 Å². The van der Waals surface area contributed by atoms with E-state index in [4.69, 9.17) is 4.74 Å². The lowest BCUT2D eigenvalue weighted by Gasteiger charge is -2.50. The minimum atomic E-state index is 0.0665. The highest BCUT2D eigenvalue weighted by atomic mass is 16.6. The Morgan fingerprint density at radius 1 is 1.29 bits per heavy atom. The van der Waals surface area contributed by atoms with E-state index < -0.39 is 0 Å². The fourth-order valence-corrected chi connectivity index (χ4v) is 5.77. The largest absolute Gasteiger partial charge is 0.462 e. The highest BCUT2D eigenvalue weighted by molar-refractivity contribution is 5.75. The predicted molar refractivity (Wildman–Crippen MR) is 94.6 cm³/mol. The van der Waals surface area contributed by atoms with Crippen LogP contribution in [0.3, 0.4) is 0 Å². The number of allylic oxidation sites excluding steroid dienone is 1. The third-order valence-corrected chi connectivity index (χ3v) is 7.37. The molecule has 4 heteroatoms. The van der Waals surface area contributed by atoms with E-state index in [1.54, 1.807) is 0 Å². The first-order chi connectivity index (χ1) is 11.5. The molecule has 2 saturated carbocycles. The van der Waals surface area contributed by atoms with E-state index in [1.165, 1.54) is 24.8 Å². The minimum absolute atomic E-state index is 0.0665. The summed E-state index contributed by atoms with van der Waals surface area (Å²) in [5.41, 5.74) is 1.74. The molecule has 0 spiro atoms. The first kappa shape index (κ1) is 16.6. The molecule has 0 bridgehead atoms. The van der Waals surface area contributed by atoms with Crippen molar-refractivity contribution in [3.8, 4) is 0 Å². The summed E-state index contributed by atoms with van der Waals surface area (Å²) in [5.74, 6) is 1.15. The highest BCUT2D eigenvalue weighted by Gasteiger charge is 2.55. The normalized spacial score (nSPS) is 44.1. The summed E-state index contributed by atoms with van der Waals surface area (Å²) in [4.78, 5) is 17.4. The summed E-state index contributed by atoms with van der Waals surface area (Å²) >= 11 is 0. The number of piperazine rings is 1. The molecule has 134 valence electrons. The van der Waals surface area contributed by atoms with Gasteiger partial charge in [0.05, 0.1) is 5.92 Å². The maximum Gasteiger partial charge on any atom is 0.310 e. The van der Waals surface area contributed by atoms with Crippen molar-refractivity contribution in [2.45, 2.75) is 45.1 Å². The number of rotatable bonds is 2. The van der Waals surface area contributed by atoms with Gasteiger partial charge in [-0.3, -0.25) is 9.69 Å². The number of ether oxygens (including phenoxy) is 1. The standard InChI is InChI=1S/C20H32N2O2/c1-14-5-4-6-20(2)12-18-15(11-17(14)20)16(19(23)24-18)13-22-9-7-21(3)8-10-22/h15-18H,1,4-13H2,2-3H3. The second kappa shape index (κ2) is 6.14. The first-order valence-electron chi connectivity index (χ1n) is 9.75. The molecule has 0 amide bonds. The van der Waals surface area contributed by atoms with Gasteiger partial charge in [-0.1, -0.05) is 19.1 Å². The van der Waals surface area contributed by atoms with Gasteiger partial charge in [0, 0.05) is 38.6 Å². The summed E-state index contributed by atoms with van der Waals surface area (Å²) in [6.07, 6.45) is 6.01. The van der Waals surface area contributed by atoms with Crippen molar-refractivity contribution in [1.29, 1.82) is 0 Å². The maximum atomic E-state index is 12.6. The van der Waals surface area contributed by atoms with Gasteiger partial charge in [0.15, 0.2) is 0 Å². The number of nitrogens with zero attached hydrogens (tertiary/aromatic N) is 2. The van der Waals surface area contributed by atoms with Crippen molar-refractivity contribution in [3.63, 3.8) is 0 Å². The van der Waals surface area contributed by atoms with Crippen LogP contribution in [0, 0.1) is 23.2 Å².